The third-order valence-corrected chi connectivity index (χ3v) is 1.89. The zero-order chi connectivity index (χ0) is 12.0. The molecular formula is C12H13FN2O. The molecule has 0 fully saturated rings. The molecule has 4 heteroatoms. The molecule has 0 radical (unpaired) electrons. The summed E-state index contributed by atoms with van der Waals surface area (Å²) in [7, 11) is 0. The highest BCUT2D eigenvalue weighted by atomic mass is 19.1. The number of nitrogens with two attached hydrogens (primary N) is 1. The maximum absolute atomic E-state index is 13.5. The molecular weight excluding hydrogens is 207 g/mol. The fraction of sp³-hybridized carbons (Fsp3) is 0.250. The lowest BCUT2D eigenvalue weighted by molar-refractivity contribution is 0.0952. The molecule has 0 aliphatic heterocycles. The third-order valence-electron chi connectivity index (χ3n) is 1.89. The standard InChI is InChI=1S/C12H13FN2O/c1-2-15-12(16)10-6-5-9(4-3-7-14)8-11(10)13/h5-6,8H,2,7,14H2,1H3,(H,15,16). The van der Waals surface area contributed by atoms with Gasteiger partial charge in [-0.3, -0.25) is 4.79 Å². The van der Waals surface area contributed by atoms with E-state index in [2.05, 4.69) is 17.2 Å². The Morgan fingerprint density at radius 1 is 1.56 bits per heavy atom. The lowest BCUT2D eigenvalue weighted by Crippen LogP contribution is -2.23. The highest BCUT2D eigenvalue weighted by Crippen LogP contribution is 2.09. The van der Waals surface area contributed by atoms with Gasteiger partial charge in [-0.2, -0.15) is 0 Å². The summed E-state index contributed by atoms with van der Waals surface area (Å²) in [6.07, 6.45) is 0. The maximum atomic E-state index is 13.5. The third kappa shape index (κ3) is 3.07. The first-order valence-corrected chi connectivity index (χ1v) is 4.95. The molecule has 0 saturated carbocycles. The molecule has 0 aliphatic carbocycles. The van der Waals surface area contributed by atoms with Gasteiger partial charge < -0.3 is 11.1 Å². The molecule has 0 bridgehead atoms. The van der Waals surface area contributed by atoms with Gasteiger partial charge >= 0.3 is 0 Å². The Kier molecular flexibility index (Phi) is 4.49. The van der Waals surface area contributed by atoms with Crippen LogP contribution in [0.4, 0.5) is 4.39 Å². The van der Waals surface area contributed by atoms with E-state index in [0.29, 0.717) is 12.1 Å². The van der Waals surface area contributed by atoms with Crippen LogP contribution < -0.4 is 11.1 Å². The van der Waals surface area contributed by atoms with E-state index >= 15 is 0 Å². The van der Waals surface area contributed by atoms with Gasteiger partial charge in [0.2, 0.25) is 0 Å². The lowest BCUT2D eigenvalue weighted by atomic mass is 10.1. The number of hydrogen-bond donors (Lipinski definition) is 2. The Morgan fingerprint density at radius 2 is 2.31 bits per heavy atom. The minimum atomic E-state index is -0.574. The molecule has 1 aromatic rings. The molecule has 0 aliphatic rings. The summed E-state index contributed by atoms with van der Waals surface area (Å²) < 4.78 is 13.5. The second-order valence-corrected chi connectivity index (χ2v) is 3.06. The average Bonchev–Trinajstić information content (AvgIpc) is 2.26. The largest absolute Gasteiger partial charge is 0.352 e. The summed E-state index contributed by atoms with van der Waals surface area (Å²) in [6.45, 7) is 2.46. The number of benzene rings is 1. The monoisotopic (exact) mass is 220 g/mol. The molecule has 0 aromatic heterocycles. The van der Waals surface area contributed by atoms with E-state index < -0.39 is 11.7 Å². The molecule has 1 amide bonds. The molecule has 1 aromatic carbocycles. The van der Waals surface area contributed by atoms with Crippen molar-refractivity contribution in [2.75, 3.05) is 13.1 Å². The van der Waals surface area contributed by atoms with Gasteiger partial charge in [0.05, 0.1) is 12.1 Å². The first-order chi connectivity index (χ1) is 7.69. The van der Waals surface area contributed by atoms with Gasteiger partial charge in [-0.05, 0) is 25.1 Å². The molecule has 16 heavy (non-hydrogen) atoms. The number of hydrogen-bond acceptors (Lipinski definition) is 2. The average molecular weight is 220 g/mol. The number of rotatable bonds is 2. The summed E-state index contributed by atoms with van der Waals surface area (Å²) in [5, 5.41) is 2.53. The van der Waals surface area contributed by atoms with Crippen LogP contribution in [-0.4, -0.2) is 19.0 Å². The Morgan fingerprint density at radius 3 is 2.88 bits per heavy atom. The minimum Gasteiger partial charge on any atom is -0.352 e. The number of nitrogens with one attached hydrogen (secondary N) is 1. The summed E-state index contributed by atoms with van der Waals surface area (Å²) in [4.78, 5) is 11.4. The summed E-state index contributed by atoms with van der Waals surface area (Å²) >= 11 is 0. The van der Waals surface area contributed by atoms with Crippen LogP contribution in [0.5, 0.6) is 0 Å². The minimum absolute atomic E-state index is 0.0279. The first-order valence-electron chi connectivity index (χ1n) is 4.95. The smallest absolute Gasteiger partial charge is 0.254 e. The Balaban J connectivity index is 2.95. The Labute approximate surface area is 93.8 Å². The zero-order valence-electron chi connectivity index (χ0n) is 9.01. The number of carbonyl (C=O) groups is 1. The van der Waals surface area contributed by atoms with Gasteiger partial charge in [-0.15, -0.1) is 0 Å². The van der Waals surface area contributed by atoms with E-state index in [1.165, 1.54) is 12.1 Å². The van der Waals surface area contributed by atoms with Crippen LogP contribution in [0.25, 0.3) is 0 Å². The molecule has 84 valence electrons. The summed E-state index contributed by atoms with van der Waals surface area (Å²) in [5.74, 6) is 4.32. The fourth-order valence-electron chi connectivity index (χ4n) is 1.19. The van der Waals surface area contributed by atoms with Crippen molar-refractivity contribution in [3.63, 3.8) is 0 Å². The van der Waals surface area contributed by atoms with Crippen LogP contribution in [-0.2, 0) is 0 Å². The highest BCUT2D eigenvalue weighted by molar-refractivity contribution is 5.94. The van der Waals surface area contributed by atoms with Crippen LogP contribution in [0.3, 0.4) is 0 Å². The number of halogens is 1. The van der Waals surface area contributed by atoms with Crippen LogP contribution in [0, 0.1) is 17.7 Å². The van der Waals surface area contributed by atoms with E-state index in [4.69, 9.17) is 5.73 Å². The van der Waals surface area contributed by atoms with Gasteiger partial charge in [0.15, 0.2) is 0 Å². The molecule has 1 rings (SSSR count). The van der Waals surface area contributed by atoms with Crippen molar-refractivity contribution in [2.45, 2.75) is 6.92 Å². The predicted molar refractivity (Wildman–Crippen MR) is 60.3 cm³/mol. The van der Waals surface area contributed by atoms with Gasteiger partial charge in [-0.1, -0.05) is 11.8 Å². The lowest BCUT2D eigenvalue weighted by Gasteiger charge is -2.03. The maximum Gasteiger partial charge on any atom is 0.254 e. The van der Waals surface area contributed by atoms with E-state index in [0.717, 1.165) is 0 Å². The molecule has 0 atom stereocenters. The first kappa shape index (κ1) is 12.2. The number of amides is 1. The van der Waals surface area contributed by atoms with Crippen LogP contribution in [0.2, 0.25) is 0 Å². The topological polar surface area (TPSA) is 55.1 Å². The molecule has 0 saturated heterocycles. The van der Waals surface area contributed by atoms with Gasteiger partial charge in [0, 0.05) is 12.1 Å². The van der Waals surface area contributed by atoms with Gasteiger partial charge in [0.1, 0.15) is 5.82 Å². The van der Waals surface area contributed by atoms with Gasteiger partial charge in [0.25, 0.3) is 5.91 Å². The Hall–Kier alpha value is -1.86. The molecule has 3 N–H and O–H groups in total. The van der Waals surface area contributed by atoms with E-state index in [1.54, 1.807) is 13.0 Å². The highest BCUT2D eigenvalue weighted by Gasteiger charge is 2.10. The second-order valence-electron chi connectivity index (χ2n) is 3.06. The molecule has 0 unspecified atom stereocenters. The fourth-order valence-corrected chi connectivity index (χ4v) is 1.19. The summed E-state index contributed by atoms with van der Waals surface area (Å²) in [5.41, 5.74) is 5.74. The predicted octanol–water partition coefficient (Wildman–Crippen LogP) is 0.886. The van der Waals surface area contributed by atoms with Crippen LogP contribution in [0.1, 0.15) is 22.8 Å². The molecule has 3 nitrogen and oxygen atoms in total. The van der Waals surface area contributed by atoms with Crippen molar-refractivity contribution >= 4 is 5.91 Å². The van der Waals surface area contributed by atoms with Crippen molar-refractivity contribution < 1.29 is 9.18 Å². The normalized spacial score (nSPS) is 9.19. The van der Waals surface area contributed by atoms with Gasteiger partial charge in [-0.25, -0.2) is 4.39 Å². The van der Waals surface area contributed by atoms with Crippen molar-refractivity contribution in [3.8, 4) is 11.8 Å². The molecule has 0 heterocycles. The second kappa shape index (κ2) is 5.89. The van der Waals surface area contributed by atoms with Crippen LogP contribution in [0.15, 0.2) is 18.2 Å². The van der Waals surface area contributed by atoms with E-state index in [9.17, 15) is 9.18 Å². The van der Waals surface area contributed by atoms with Crippen molar-refractivity contribution in [1.82, 2.24) is 5.32 Å². The number of carbonyl (C=O) groups excluding carboxylic acids is 1. The SMILES string of the molecule is CCNC(=O)c1ccc(C#CCN)cc1F. The van der Waals surface area contributed by atoms with E-state index in [-0.39, 0.29) is 12.1 Å². The molecule has 0 spiro atoms. The quantitative estimate of drug-likeness (QED) is 0.727. The van der Waals surface area contributed by atoms with Crippen molar-refractivity contribution in [3.05, 3.63) is 35.1 Å². The summed E-state index contributed by atoms with van der Waals surface area (Å²) in [6, 6.07) is 4.24. The zero-order valence-corrected chi connectivity index (χ0v) is 9.01. The van der Waals surface area contributed by atoms with Crippen molar-refractivity contribution in [2.24, 2.45) is 5.73 Å². The van der Waals surface area contributed by atoms with E-state index in [1.807, 2.05) is 0 Å². The van der Waals surface area contributed by atoms with Crippen molar-refractivity contribution in [1.29, 1.82) is 0 Å². The van der Waals surface area contributed by atoms with Crippen LogP contribution >= 0.6 is 0 Å². The Bertz CT molecular complexity index is 446.